The fraction of sp³-hybridized carbons (Fsp3) is 0.316. The Morgan fingerprint density at radius 2 is 1.79 bits per heavy atom. The summed E-state index contributed by atoms with van der Waals surface area (Å²) in [5.41, 5.74) is -0.616. The largest absolute Gasteiger partial charge is 0.492 e. The lowest BCUT2D eigenvalue weighted by atomic mass is 10.1. The Morgan fingerprint density at radius 3 is 2.48 bits per heavy atom. The highest BCUT2D eigenvalue weighted by Gasteiger charge is 2.25. The van der Waals surface area contributed by atoms with Crippen molar-refractivity contribution in [3.05, 3.63) is 57.6 Å². The monoisotopic (exact) mass is 463 g/mol. The van der Waals surface area contributed by atoms with Crippen molar-refractivity contribution in [3.8, 4) is 5.75 Å². The van der Waals surface area contributed by atoms with Crippen LogP contribution in [0.1, 0.15) is 36.0 Å². The molecule has 1 aliphatic carbocycles. The molecule has 0 radical (unpaired) electrons. The van der Waals surface area contributed by atoms with E-state index < -0.39 is 38.0 Å². The Balaban J connectivity index is 1.78. The number of sulfonamides is 1. The predicted molar refractivity (Wildman–Crippen MR) is 105 cm³/mol. The third-order valence-electron chi connectivity index (χ3n) is 4.63. The summed E-state index contributed by atoms with van der Waals surface area (Å²) in [5, 5.41) is -0.0851. The van der Waals surface area contributed by atoms with Crippen LogP contribution < -0.4 is 9.46 Å². The molecule has 1 aliphatic rings. The van der Waals surface area contributed by atoms with Crippen LogP contribution in [0.4, 0.5) is 8.78 Å². The molecule has 1 amide bonds. The first kappa shape index (κ1) is 21.8. The number of halogens is 4. The Bertz CT molecular complexity index is 1040. The lowest BCUT2D eigenvalue weighted by Gasteiger charge is -2.14. The predicted octanol–water partition coefficient (Wildman–Crippen LogP) is 4.96. The molecule has 5 nitrogen and oxygen atoms in total. The molecule has 0 atom stereocenters. The first-order chi connectivity index (χ1) is 13.7. The molecular formula is C19H17Cl2F2NO4S. The fourth-order valence-electron chi connectivity index (χ4n) is 3.11. The molecule has 0 spiro atoms. The molecular weight excluding hydrogens is 447 g/mol. The van der Waals surface area contributed by atoms with Crippen molar-refractivity contribution in [2.45, 2.75) is 30.6 Å². The van der Waals surface area contributed by atoms with E-state index in [4.69, 9.17) is 27.9 Å². The molecule has 156 valence electrons. The summed E-state index contributed by atoms with van der Waals surface area (Å²) < 4.78 is 60.0. The molecule has 3 rings (SSSR count). The van der Waals surface area contributed by atoms with Gasteiger partial charge in [0.1, 0.15) is 22.3 Å². The van der Waals surface area contributed by atoms with E-state index in [2.05, 4.69) is 0 Å². The summed E-state index contributed by atoms with van der Waals surface area (Å²) in [4.78, 5) is 11.5. The van der Waals surface area contributed by atoms with Gasteiger partial charge in [-0.25, -0.2) is 21.9 Å². The van der Waals surface area contributed by atoms with Crippen LogP contribution in [0.5, 0.6) is 5.75 Å². The van der Waals surface area contributed by atoms with Crippen LogP contribution in [-0.4, -0.2) is 20.9 Å². The summed E-state index contributed by atoms with van der Waals surface area (Å²) in [6, 6.07) is 4.74. The maximum absolute atomic E-state index is 14.4. The molecule has 10 heteroatoms. The van der Waals surface area contributed by atoms with Crippen LogP contribution in [0.25, 0.3) is 0 Å². The lowest BCUT2D eigenvalue weighted by Crippen LogP contribution is -2.31. The van der Waals surface area contributed by atoms with E-state index in [1.807, 2.05) is 0 Å². The second kappa shape index (κ2) is 8.85. The molecule has 0 bridgehead atoms. The zero-order valence-electron chi connectivity index (χ0n) is 15.1. The summed E-state index contributed by atoms with van der Waals surface area (Å²) in [7, 11) is -4.62. The van der Waals surface area contributed by atoms with Gasteiger partial charge in [-0.3, -0.25) is 4.79 Å². The van der Waals surface area contributed by atoms with Gasteiger partial charge in [0, 0.05) is 11.1 Å². The molecule has 0 unspecified atom stereocenters. The summed E-state index contributed by atoms with van der Waals surface area (Å²) in [5.74, 6) is -2.99. The first-order valence-electron chi connectivity index (χ1n) is 8.81. The molecule has 29 heavy (non-hydrogen) atoms. The van der Waals surface area contributed by atoms with Crippen LogP contribution in [0.3, 0.4) is 0 Å². The fourth-order valence-corrected chi connectivity index (χ4v) is 4.64. The van der Waals surface area contributed by atoms with Gasteiger partial charge in [-0.2, -0.15) is 0 Å². The van der Waals surface area contributed by atoms with Gasteiger partial charge in [0.2, 0.25) is 0 Å². The van der Waals surface area contributed by atoms with Gasteiger partial charge in [0.25, 0.3) is 15.9 Å². The van der Waals surface area contributed by atoms with Gasteiger partial charge in [0.05, 0.1) is 17.2 Å². The highest BCUT2D eigenvalue weighted by Crippen LogP contribution is 2.31. The van der Waals surface area contributed by atoms with E-state index in [-0.39, 0.29) is 15.8 Å². The van der Waals surface area contributed by atoms with Crippen molar-refractivity contribution < 1.29 is 26.7 Å². The number of rotatable bonds is 6. The van der Waals surface area contributed by atoms with Crippen molar-refractivity contribution >= 4 is 39.1 Å². The van der Waals surface area contributed by atoms with E-state index in [1.54, 1.807) is 4.72 Å². The molecule has 1 N–H and O–H groups in total. The van der Waals surface area contributed by atoms with Gasteiger partial charge in [-0.15, -0.1) is 0 Å². The molecule has 0 heterocycles. The van der Waals surface area contributed by atoms with E-state index in [0.717, 1.165) is 56.0 Å². The van der Waals surface area contributed by atoms with Crippen LogP contribution >= 0.6 is 23.2 Å². The van der Waals surface area contributed by atoms with Crippen molar-refractivity contribution in [2.24, 2.45) is 5.92 Å². The quantitative estimate of drug-likeness (QED) is 0.656. The number of hydrogen-bond donors (Lipinski definition) is 1. The van der Waals surface area contributed by atoms with Crippen LogP contribution in [0.2, 0.25) is 10.0 Å². The Kier molecular flexibility index (Phi) is 6.65. The molecule has 2 aromatic rings. The van der Waals surface area contributed by atoms with E-state index in [0.29, 0.717) is 12.5 Å². The van der Waals surface area contributed by atoms with Crippen molar-refractivity contribution in [1.29, 1.82) is 0 Å². The third kappa shape index (κ3) is 5.18. The average Bonchev–Trinajstić information content (AvgIpc) is 3.17. The minimum absolute atomic E-state index is 0.0409. The second-order valence-corrected chi connectivity index (χ2v) is 9.23. The van der Waals surface area contributed by atoms with Gasteiger partial charge >= 0.3 is 0 Å². The third-order valence-corrected chi connectivity index (χ3v) is 6.50. The number of amides is 1. The topological polar surface area (TPSA) is 72.5 Å². The van der Waals surface area contributed by atoms with Gasteiger partial charge in [-0.1, -0.05) is 36.0 Å². The molecule has 1 fully saturated rings. The van der Waals surface area contributed by atoms with Crippen LogP contribution in [0.15, 0.2) is 35.2 Å². The number of carbonyl (C=O) groups excluding carboxylic acids is 1. The summed E-state index contributed by atoms with van der Waals surface area (Å²) in [6.07, 6.45) is 4.30. The van der Waals surface area contributed by atoms with Gasteiger partial charge in [-0.05, 0) is 43.0 Å². The highest BCUT2D eigenvalue weighted by atomic mass is 35.5. The minimum Gasteiger partial charge on any atom is -0.492 e. The smallest absolute Gasteiger partial charge is 0.268 e. The number of hydrogen-bond acceptors (Lipinski definition) is 4. The molecule has 1 saturated carbocycles. The maximum Gasteiger partial charge on any atom is 0.268 e. The lowest BCUT2D eigenvalue weighted by molar-refractivity contribution is 0.0977. The molecule has 2 aromatic carbocycles. The minimum atomic E-state index is -4.62. The number of nitrogens with one attached hydrogen (secondary N) is 1. The van der Waals surface area contributed by atoms with Gasteiger partial charge < -0.3 is 4.74 Å². The summed E-state index contributed by atoms with van der Waals surface area (Å²) in [6.45, 7) is 0.382. The van der Waals surface area contributed by atoms with Crippen molar-refractivity contribution in [3.63, 3.8) is 0 Å². The zero-order chi connectivity index (χ0) is 21.2. The summed E-state index contributed by atoms with van der Waals surface area (Å²) >= 11 is 11.7. The van der Waals surface area contributed by atoms with Crippen molar-refractivity contribution in [1.82, 2.24) is 4.72 Å². The maximum atomic E-state index is 14.4. The molecule has 0 aromatic heterocycles. The second-order valence-electron chi connectivity index (χ2n) is 6.73. The molecule has 0 saturated heterocycles. The average molecular weight is 464 g/mol. The molecule has 0 aliphatic heterocycles. The van der Waals surface area contributed by atoms with Crippen molar-refractivity contribution in [2.75, 3.05) is 6.61 Å². The zero-order valence-corrected chi connectivity index (χ0v) is 17.4. The van der Waals surface area contributed by atoms with Crippen LogP contribution in [-0.2, 0) is 10.0 Å². The standard InChI is InChI=1S/C19H17Cl2F2NO4S/c20-12-5-6-15(22)18(7-12)29(26,27)24-19(25)13-8-14(21)17(9-16(13)23)28-10-11-3-1-2-4-11/h5-9,11H,1-4,10H2,(H,24,25). The van der Waals surface area contributed by atoms with Gasteiger partial charge in [0.15, 0.2) is 0 Å². The number of benzene rings is 2. The Hall–Kier alpha value is -1.90. The SMILES string of the molecule is O=C(NS(=O)(=O)c1cc(Cl)ccc1F)c1cc(Cl)c(OCC2CCCC2)cc1F. The van der Waals surface area contributed by atoms with E-state index in [1.165, 1.54) is 0 Å². The highest BCUT2D eigenvalue weighted by molar-refractivity contribution is 7.90. The van der Waals surface area contributed by atoms with E-state index in [9.17, 15) is 22.0 Å². The Morgan fingerprint density at radius 1 is 1.10 bits per heavy atom. The first-order valence-corrected chi connectivity index (χ1v) is 11.1. The Labute approximate surface area is 177 Å². The number of ether oxygens (including phenoxy) is 1. The number of carbonyl (C=O) groups is 1. The van der Waals surface area contributed by atoms with E-state index >= 15 is 0 Å². The normalized spacial score (nSPS) is 14.8. The van der Waals surface area contributed by atoms with Crippen LogP contribution in [0, 0.1) is 17.6 Å².